The molecule has 1 aromatic rings. The molecule has 14 heavy (non-hydrogen) atoms. The summed E-state index contributed by atoms with van der Waals surface area (Å²) in [7, 11) is 0. The molecule has 3 heteroatoms. The lowest BCUT2D eigenvalue weighted by Gasteiger charge is -2.11. The molecule has 1 aliphatic carbocycles. The number of aromatic nitrogens is 1. The second-order valence-electron chi connectivity index (χ2n) is 4.36. The first kappa shape index (κ1) is 10.1. The first-order chi connectivity index (χ1) is 6.75. The Morgan fingerprint density at radius 2 is 2.43 bits per heavy atom. The zero-order valence-corrected chi connectivity index (χ0v) is 9.73. The molecule has 1 N–H and O–H groups in total. The highest BCUT2D eigenvalue weighted by Crippen LogP contribution is 2.25. The first-order valence-electron chi connectivity index (χ1n) is 5.38. The number of hydrogen-bond donors (Lipinski definition) is 1. The van der Waals surface area contributed by atoms with E-state index in [4.69, 9.17) is 0 Å². The van der Waals surface area contributed by atoms with Gasteiger partial charge in [0.05, 0.1) is 11.2 Å². The Hall–Kier alpha value is -0.410. The second kappa shape index (κ2) is 4.41. The van der Waals surface area contributed by atoms with E-state index in [0.717, 1.165) is 18.5 Å². The number of aryl methyl sites for hydroxylation is 1. The summed E-state index contributed by atoms with van der Waals surface area (Å²) in [6.45, 7) is 5.44. The first-order valence-corrected chi connectivity index (χ1v) is 6.26. The van der Waals surface area contributed by atoms with E-state index in [0.29, 0.717) is 0 Å². The van der Waals surface area contributed by atoms with Gasteiger partial charge < -0.3 is 5.32 Å². The van der Waals surface area contributed by atoms with Gasteiger partial charge in [-0.25, -0.2) is 4.98 Å². The van der Waals surface area contributed by atoms with Crippen LogP contribution in [0.4, 0.5) is 0 Å². The van der Waals surface area contributed by atoms with Crippen LogP contribution in [0, 0.1) is 12.8 Å². The molecule has 1 saturated carbocycles. The van der Waals surface area contributed by atoms with E-state index in [9.17, 15) is 0 Å². The molecule has 0 radical (unpaired) electrons. The summed E-state index contributed by atoms with van der Waals surface area (Å²) >= 11 is 1.76. The van der Waals surface area contributed by atoms with Gasteiger partial charge in [0.25, 0.3) is 0 Å². The third-order valence-electron chi connectivity index (χ3n) is 3.09. The summed E-state index contributed by atoms with van der Waals surface area (Å²) in [5.74, 6) is 0.912. The van der Waals surface area contributed by atoms with Crippen LogP contribution in [-0.2, 0) is 6.54 Å². The third kappa shape index (κ3) is 2.34. The van der Waals surface area contributed by atoms with Crippen molar-refractivity contribution in [3.63, 3.8) is 0 Å². The van der Waals surface area contributed by atoms with Crippen LogP contribution in [0.1, 0.15) is 36.8 Å². The molecule has 78 valence electrons. The number of thiazole rings is 1. The third-order valence-corrected chi connectivity index (χ3v) is 4.03. The van der Waals surface area contributed by atoms with Crippen LogP contribution in [0.5, 0.6) is 0 Å². The summed E-state index contributed by atoms with van der Waals surface area (Å²) in [4.78, 5) is 5.65. The molecule has 0 aliphatic heterocycles. The Kier molecular flexibility index (Phi) is 3.19. The van der Waals surface area contributed by atoms with E-state index in [-0.39, 0.29) is 0 Å². The molecule has 2 atom stereocenters. The van der Waals surface area contributed by atoms with Crippen LogP contribution in [-0.4, -0.2) is 11.0 Å². The largest absolute Gasteiger partial charge is 0.309 e. The van der Waals surface area contributed by atoms with E-state index in [2.05, 4.69) is 24.1 Å². The van der Waals surface area contributed by atoms with Crippen molar-refractivity contribution in [1.82, 2.24) is 10.3 Å². The quantitative estimate of drug-likeness (QED) is 0.829. The molecule has 2 rings (SSSR count). The Morgan fingerprint density at radius 1 is 1.57 bits per heavy atom. The van der Waals surface area contributed by atoms with Crippen molar-refractivity contribution in [3.8, 4) is 0 Å². The van der Waals surface area contributed by atoms with E-state index in [1.165, 1.54) is 29.8 Å². The second-order valence-corrected chi connectivity index (χ2v) is 5.30. The number of nitrogens with zero attached hydrogens (tertiary/aromatic N) is 1. The molecule has 1 heterocycles. The highest BCUT2D eigenvalue weighted by molar-refractivity contribution is 7.09. The fourth-order valence-electron chi connectivity index (χ4n) is 2.13. The van der Waals surface area contributed by atoms with Gasteiger partial charge in [-0.05, 0) is 32.1 Å². The maximum atomic E-state index is 4.26. The summed E-state index contributed by atoms with van der Waals surface area (Å²) in [5, 5.41) is 3.63. The van der Waals surface area contributed by atoms with Crippen molar-refractivity contribution in [2.24, 2.45) is 5.92 Å². The van der Waals surface area contributed by atoms with E-state index < -0.39 is 0 Å². The van der Waals surface area contributed by atoms with Crippen molar-refractivity contribution in [2.45, 2.75) is 45.7 Å². The predicted molar refractivity (Wildman–Crippen MR) is 60.5 cm³/mol. The maximum Gasteiger partial charge on any atom is 0.0798 e. The molecular formula is C11H18N2S. The molecule has 0 bridgehead atoms. The molecule has 2 nitrogen and oxygen atoms in total. The standard InChI is InChI=1S/C11H18N2S/c1-8-3-4-10(5-8)12-6-11-9(2)13-7-14-11/h7-8,10,12H,3-6H2,1-2H3. The van der Waals surface area contributed by atoms with Gasteiger partial charge in [-0.3, -0.25) is 0 Å². The molecule has 0 saturated heterocycles. The van der Waals surface area contributed by atoms with Crippen LogP contribution < -0.4 is 5.32 Å². The Bertz CT molecular complexity index is 295. The van der Waals surface area contributed by atoms with E-state index >= 15 is 0 Å². The number of hydrogen-bond acceptors (Lipinski definition) is 3. The van der Waals surface area contributed by atoms with Gasteiger partial charge >= 0.3 is 0 Å². The van der Waals surface area contributed by atoms with Crippen molar-refractivity contribution in [3.05, 3.63) is 16.1 Å². The molecular weight excluding hydrogens is 192 g/mol. The molecule has 1 aliphatic rings. The van der Waals surface area contributed by atoms with Gasteiger partial charge in [-0.2, -0.15) is 0 Å². The minimum atomic E-state index is 0.742. The Labute approximate surface area is 89.8 Å². The smallest absolute Gasteiger partial charge is 0.0798 e. The van der Waals surface area contributed by atoms with Crippen molar-refractivity contribution in [2.75, 3.05) is 0 Å². The average molecular weight is 210 g/mol. The number of nitrogens with one attached hydrogen (secondary N) is 1. The van der Waals surface area contributed by atoms with Gasteiger partial charge in [0.2, 0.25) is 0 Å². The van der Waals surface area contributed by atoms with E-state index in [1.807, 2.05) is 5.51 Å². The summed E-state index contributed by atoms with van der Waals surface area (Å²) in [6, 6.07) is 0.742. The lowest BCUT2D eigenvalue weighted by Crippen LogP contribution is -2.25. The lowest BCUT2D eigenvalue weighted by molar-refractivity contribution is 0.504. The predicted octanol–water partition coefficient (Wildman–Crippen LogP) is 2.73. The fraction of sp³-hybridized carbons (Fsp3) is 0.727. The van der Waals surface area contributed by atoms with Gasteiger partial charge in [0.15, 0.2) is 0 Å². The van der Waals surface area contributed by atoms with Crippen LogP contribution in [0.25, 0.3) is 0 Å². The highest BCUT2D eigenvalue weighted by atomic mass is 32.1. The number of rotatable bonds is 3. The topological polar surface area (TPSA) is 24.9 Å². The maximum absolute atomic E-state index is 4.26. The van der Waals surface area contributed by atoms with Gasteiger partial charge in [0, 0.05) is 17.5 Å². The van der Waals surface area contributed by atoms with Crippen LogP contribution >= 0.6 is 11.3 Å². The summed E-state index contributed by atoms with van der Waals surface area (Å²) in [6.07, 6.45) is 4.08. The van der Waals surface area contributed by atoms with Crippen LogP contribution in [0.2, 0.25) is 0 Å². The van der Waals surface area contributed by atoms with Crippen LogP contribution in [0.15, 0.2) is 5.51 Å². The van der Waals surface area contributed by atoms with Gasteiger partial charge in [-0.15, -0.1) is 11.3 Å². The van der Waals surface area contributed by atoms with Gasteiger partial charge in [-0.1, -0.05) is 6.92 Å². The fourth-order valence-corrected chi connectivity index (χ4v) is 2.85. The minimum absolute atomic E-state index is 0.742. The molecule has 0 amide bonds. The molecule has 0 aromatic carbocycles. The Morgan fingerprint density at radius 3 is 3.00 bits per heavy atom. The molecule has 1 aromatic heterocycles. The monoisotopic (exact) mass is 210 g/mol. The Balaban J connectivity index is 1.80. The van der Waals surface area contributed by atoms with Crippen molar-refractivity contribution < 1.29 is 0 Å². The molecule has 1 fully saturated rings. The molecule has 0 spiro atoms. The highest BCUT2D eigenvalue weighted by Gasteiger charge is 2.20. The normalized spacial score (nSPS) is 27.0. The molecule has 2 unspecified atom stereocenters. The van der Waals surface area contributed by atoms with Crippen LogP contribution in [0.3, 0.4) is 0 Å². The zero-order valence-electron chi connectivity index (χ0n) is 8.92. The summed E-state index contributed by atoms with van der Waals surface area (Å²) < 4.78 is 0. The lowest BCUT2D eigenvalue weighted by atomic mass is 10.1. The van der Waals surface area contributed by atoms with Crippen molar-refractivity contribution >= 4 is 11.3 Å². The zero-order chi connectivity index (χ0) is 9.97. The van der Waals surface area contributed by atoms with Gasteiger partial charge in [0.1, 0.15) is 0 Å². The van der Waals surface area contributed by atoms with E-state index in [1.54, 1.807) is 11.3 Å². The van der Waals surface area contributed by atoms with Crippen molar-refractivity contribution in [1.29, 1.82) is 0 Å². The SMILES string of the molecule is Cc1ncsc1CNC1CCC(C)C1. The minimum Gasteiger partial charge on any atom is -0.309 e. The average Bonchev–Trinajstić information content (AvgIpc) is 2.72. The summed E-state index contributed by atoms with van der Waals surface area (Å²) in [5.41, 5.74) is 3.12.